The van der Waals surface area contributed by atoms with E-state index >= 15 is 0 Å². The van der Waals surface area contributed by atoms with Crippen LogP contribution in [0.3, 0.4) is 0 Å². The maximum absolute atomic E-state index is 11.5. The van der Waals surface area contributed by atoms with Gasteiger partial charge in [-0.15, -0.1) is 0 Å². The average Bonchev–Trinajstić information content (AvgIpc) is 2.20. The molecule has 1 amide bonds. The van der Waals surface area contributed by atoms with Crippen LogP contribution in [0.2, 0.25) is 10.0 Å². The van der Waals surface area contributed by atoms with Crippen LogP contribution in [0.1, 0.15) is 6.92 Å². The summed E-state index contributed by atoms with van der Waals surface area (Å²) in [5.41, 5.74) is 0.439. The number of carbonyl (C=O) groups excluding carboxylic acids is 1. The number of hydrogen-bond acceptors (Lipinski definition) is 2. The normalized spacial score (nSPS) is 10.2. The first-order valence-corrected chi connectivity index (χ1v) is 6.24. The van der Waals surface area contributed by atoms with Crippen LogP contribution in [-0.4, -0.2) is 19.0 Å². The summed E-state index contributed by atoms with van der Waals surface area (Å²) in [6, 6.07) is 3.35. The number of nitrogens with one attached hydrogen (secondary N) is 2. The van der Waals surface area contributed by atoms with Gasteiger partial charge in [0, 0.05) is 4.47 Å². The molecule has 0 spiro atoms. The van der Waals surface area contributed by atoms with Crippen molar-refractivity contribution in [1.29, 1.82) is 0 Å². The first-order chi connectivity index (χ1) is 7.54. The molecule has 0 aliphatic heterocycles. The zero-order valence-corrected chi connectivity index (χ0v) is 11.7. The van der Waals surface area contributed by atoms with Crippen LogP contribution in [0.25, 0.3) is 0 Å². The molecule has 16 heavy (non-hydrogen) atoms. The maximum Gasteiger partial charge on any atom is 0.238 e. The molecule has 0 heterocycles. The van der Waals surface area contributed by atoms with Crippen LogP contribution >= 0.6 is 39.1 Å². The van der Waals surface area contributed by atoms with Gasteiger partial charge in [-0.3, -0.25) is 4.79 Å². The van der Waals surface area contributed by atoms with Crippen molar-refractivity contribution < 1.29 is 4.79 Å². The Bertz CT molecular complexity index is 375. The molecule has 0 aliphatic carbocycles. The van der Waals surface area contributed by atoms with E-state index in [4.69, 9.17) is 23.2 Å². The lowest BCUT2D eigenvalue weighted by atomic mass is 10.3. The molecule has 0 saturated carbocycles. The number of halogens is 3. The minimum atomic E-state index is -0.173. The Hall–Kier alpha value is -0.290. The van der Waals surface area contributed by atoms with Crippen LogP contribution in [0, 0.1) is 0 Å². The highest BCUT2D eigenvalue weighted by Crippen LogP contribution is 2.33. The second kappa shape index (κ2) is 6.45. The van der Waals surface area contributed by atoms with Crippen molar-refractivity contribution >= 4 is 50.7 Å². The van der Waals surface area contributed by atoms with Crippen LogP contribution in [0.15, 0.2) is 16.6 Å². The highest BCUT2D eigenvalue weighted by molar-refractivity contribution is 9.10. The molecule has 6 heteroatoms. The number of amides is 1. The summed E-state index contributed by atoms with van der Waals surface area (Å²) < 4.78 is 0.771. The van der Waals surface area contributed by atoms with Crippen LogP contribution < -0.4 is 10.6 Å². The summed E-state index contributed by atoms with van der Waals surface area (Å²) in [4.78, 5) is 11.5. The number of anilines is 1. The molecule has 0 unspecified atom stereocenters. The summed E-state index contributed by atoms with van der Waals surface area (Å²) >= 11 is 15.2. The molecule has 1 rings (SSSR count). The van der Waals surface area contributed by atoms with E-state index in [0.717, 1.165) is 11.0 Å². The third-order valence-corrected chi connectivity index (χ3v) is 2.86. The van der Waals surface area contributed by atoms with Gasteiger partial charge in [-0.25, -0.2) is 0 Å². The molecule has 0 bridgehead atoms. The minimum absolute atomic E-state index is 0.173. The Morgan fingerprint density at radius 1 is 1.38 bits per heavy atom. The highest BCUT2D eigenvalue weighted by Gasteiger charge is 2.10. The molecule has 1 aromatic rings. The predicted octanol–water partition coefficient (Wildman–Crippen LogP) is 3.30. The second-order valence-electron chi connectivity index (χ2n) is 3.07. The highest BCUT2D eigenvalue weighted by atomic mass is 79.9. The third-order valence-electron chi connectivity index (χ3n) is 1.81. The lowest BCUT2D eigenvalue weighted by Gasteiger charge is -2.09. The Balaban J connectivity index is 2.77. The molecule has 88 valence electrons. The van der Waals surface area contributed by atoms with Gasteiger partial charge in [0.15, 0.2) is 0 Å². The molecule has 0 fully saturated rings. The Kier molecular flexibility index (Phi) is 5.55. The van der Waals surface area contributed by atoms with Crippen LogP contribution in [0.5, 0.6) is 0 Å². The smallest absolute Gasteiger partial charge is 0.238 e. The maximum atomic E-state index is 11.5. The third kappa shape index (κ3) is 3.94. The van der Waals surface area contributed by atoms with E-state index in [1.807, 2.05) is 6.92 Å². The quantitative estimate of drug-likeness (QED) is 0.891. The fraction of sp³-hybridized carbons (Fsp3) is 0.300. The number of benzene rings is 1. The summed E-state index contributed by atoms with van der Waals surface area (Å²) in [6.07, 6.45) is 0. The SMILES string of the molecule is CCNCC(=O)Nc1c(Cl)cc(Br)cc1Cl. The van der Waals surface area contributed by atoms with Crippen molar-refractivity contribution in [2.75, 3.05) is 18.4 Å². The van der Waals surface area contributed by atoms with Gasteiger partial charge in [0.05, 0.1) is 22.3 Å². The van der Waals surface area contributed by atoms with Crippen molar-refractivity contribution in [2.45, 2.75) is 6.92 Å². The van der Waals surface area contributed by atoms with Crippen molar-refractivity contribution in [3.63, 3.8) is 0 Å². The van der Waals surface area contributed by atoms with Gasteiger partial charge in [-0.2, -0.15) is 0 Å². The van der Waals surface area contributed by atoms with Gasteiger partial charge in [-0.05, 0) is 18.7 Å². The van der Waals surface area contributed by atoms with Gasteiger partial charge >= 0.3 is 0 Å². The molecule has 1 aromatic carbocycles. The Labute approximate surface area is 113 Å². The molecular formula is C10H11BrCl2N2O. The molecule has 0 radical (unpaired) electrons. The van der Waals surface area contributed by atoms with E-state index < -0.39 is 0 Å². The fourth-order valence-electron chi connectivity index (χ4n) is 1.08. The van der Waals surface area contributed by atoms with E-state index in [-0.39, 0.29) is 12.5 Å². The van der Waals surface area contributed by atoms with Crippen molar-refractivity contribution in [3.05, 3.63) is 26.7 Å². The van der Waals surface area contributed by atoms with E-state index in [1.165, 1.54) is 0 Å². The topological polar surface area (TPSA) is 41.1 Å². The van der Waals surface area contributed by atoms with E-state index in [1.54, 1.807) is 12.1 Å². The lowest BCUT2D eigenvalue weighted by Crippen LogP contribution is -2.27. The van der Waals surface area contributed by atoms with Crippen molar-refractivity contribution in [3.8, 4) is 0 Å². The number of hydrogen-bond donors (Lipinski definition) is 2. The van der Waals surface area contributed by atoms with Crippen LogP contribution in [0.4, 0.5) is 5.69 Å². The van der Waals surface area contributed by atoms with E-state index in [0.29, 0.717) is 15.7 Å². The minimum Gasteiger partial charge on any atom is -0.322 e. The standard InChI is InChI=1S/C10H11BrCl2N2O/c1-2-14-5-9(16)15-10-7(12)3-6(11)4-8(10)13/h3-4,14H,2,5H2,1H3,(H,15,16). The van der Waals surface area contributed by atoms with Gasteiger partial charge < -0.3 is 10.6 Å². The van der Waals surface area contributed by atoms with Gasteiger partial charge in [0.1, 0.15) is 0 Å². The molecule has 0 aliphatic rings. The number of rotatable bonds is 4. The van der Waals surface area contributed by atoms with Crippen molar-refractivity contribution in [2.24, 2.45) is 0 Å². The Morgan fingerprint density at radius 2 is 1.94 bits per heavy atom. The zero-order chi connectivity index (χ0) is 12.1. The second-order valence-corrected chi connectivity index (χ2v) is 4.80. The molecular weight excluding hydrogens is 315 g/mol. The number of carbonyl (C=O) groups is 1. The number of likely N-dealkylation sites (N-methyl/N-ethyl adjacent to an activating group) is 1. The molecule has 0 atom stereocenters. The van der Waals surface area contributed by atoms with E-state index in [9.17, 15) is 4.79 Å². The molecule has 3 nitrogen and oxygen atoms in total. The van der Waals surface area contributed by atoms with Crippen LogP contribution in [-0.2, 0) is 4.79 Å². The largest absolute Gasteiger partial charge is 0.322 e. The van der Waals surface area contributed by atoms with Gasteiger partial charge in [-0.1, -0.05) is 46.1 Å². The first-order valence-electron chi connectivity index (χ1n) is 4.69. The summed E-state index contributed by atoms with van der Waals surface area (Å²) in [5, 5.41) is 6.38. The summed E-state index contributed by atoms with van der Waals surface area (Å²) in [7, 11) is 0. The first kappa shape index (κ1) is 13.8. The predicted molar refractivity (Wildman–Crippen MR) is 71.3 cm³/mol. The average molecular weight is 326 g/mol. The van der Waals surface area contributed by atoms with Crippen molar-refractivity contribution in [1.82, 2.24) is 5.32 Å². The molecule has 0 aromatic heterocycles. The monoisotopic (exact) mass is 324 g/mol. The zero-order valence-electron chi connectivity index (χ0n) is 8.61. The Morgan fingerprint density at radius 3 is 2.44 bits per heavy atom. The summed E-state index contributed by atoms with van der Waals surface area (Å²) in [5.74, 6) is -0.173. The molecule has 2 N–H and O–H groups in total. The van der Waals surface area contributed by atoms with Gasteiger partial charge in [0.25, 0.3) is 0 Å². The molecule has 0 saturated heterocycles. The lowest BCUT2D eigenvalue weighted by molar-refractivity contribution is -0.115. The van der Waals surface area contributed by atoms with Gasteiger partial charge in [0.2, 0.25) is 5.91 Å². The fourth-order valence-corrected chi connectivity index (χ4v) is 2.39. The van der Waals surface area contributed by atoms with E-state index in [2.05, 4.69) is 26.6 Å². The summed E-state index contributed by atoms with van der Waals surface area (Å²) in [6.45, 7) is 2.89.